The quantitative estimate of drug-likeness (QED) is 0.0178. The Balaban J connectivity index is -0.000000326. The van der Waals surface area contributed by atoms with Gasteiger partial charge < -0.3 is 55.0 Å². The molecule has 0 spiro atoms. The number of alkyl halides is 1. The minimum absolute atomic E-state index is 0. The van der Waals surface area contributed by atoms with Gasteiger partial charge in [-0.3, -0.25) is 65.0 Å². The second-order valence-corrected chi connectivity index (χ2v) is 40.5. The van der Waals surface area contributed by atoms with Gasteiger partial charge in [-0.25, -0.2) is 25.3 Å². The Morgan fingerprint density at radius 3 is 1.02 bits per heavy atom. The Labute approximate surface area is 869 Å². The van der Waals surface area contributed by atoms with Crippen molar-refractivity contribution in [1.82, 2.24) is 0 Å². The molecule has 44 heteroatoms. The van der Waals surface area contributed by atoms with E-state index in [4.69, 9.17) is 16.3 Å². The van der Waals surface area contributed by atoms with Crippen LogP contribution in [0.4, 0.5) is 34.1 Å². The van der Waals surface area contributed by atoms with Crippen LogP contribution in [0.25, 0.3) is 0 Å². The van der Waals surface area contributed by atoms with Crippen LogP contribution < -0.4 is 193 Å². The molecule has 670 valence electrons. The number of anilines is 2. The summed E-state index contributed by atoms with van der Waals surface area (Å²) in [4.78, 5) is 127. The number of nitro benzene ring substituents is 4. The molecular formula is C81H108ClK2N7Na2O28S4. The molecule has 6 aromatic rings. The number of aliphatic carboxylic acids is 4. The minimum atomic E-state index is -4.08. The molecule has 1 unspecified atom stereocenters. The molecule has 0 aliphatic heterocycles. The molecule has 0 aromatic heterocycles. The Bertz CT molecular complexity index is 4790. The molecule has 1 atom stereocenters. The number of benzene rings is 6. The fourth-order valence-electron chi connectivity index (χ4n) is 8.41. The first-order valence-electron chi connectivity index (χ1n) is 36.8. The molecule has 0 heterocycles. The number of nitro groups is 5. The number of ether oxygens (including phenoxy) is 1. The summed E-state index contributed by atoms with van der Waals surface area (Å²) in [5, 5.41) is 99.9. The van der Waals surface area contributed by atoms with Gasteiger partial charge in [0.25, 0.3) is 22.7 Å². The number of thioether (sulfide) groups is 1. The predicted octanol–water partition coefficient (Wildman–Crippen LogP) is -0.128. The molecule has 6 aromatic carbocycles. The summed E-state index contributed by atoms with van der Waals surface area (Å²) in [6, 6.07) is 31.4. The molecule has 2 amide bonds. The van der Waals surface area contributed by atoms with Crippen molar-refractivity contribution in [3.8, 4) is 0 Å². The van der Waals surface area contributed by atoms with Gasteiger partial charge >= 0.3 is 168 Å². The maximum absolute atomic E-state index is 11.7. The zero-order chi connectivity index (χ0) is 94.8. The van der Waals surface area contributed by atoms with E-state index in [0.717, 1.165) is 16.0 Å². The third kappa shape index (κ3) is 54.0. The van der Waals surface area contributed by atoms with E-state index in [1.165, 1.54) is 91.8 Å². The van der Waals surface area contributed by atoms with E-state index >= 15 is 0 Å². The van der Waals surface area contributed by atoms with Gasteiger partial charge in [0.1, 0.15) is 17.7 Å². The second kappa shape index (κ2) is 59.6. The van der Waals surface area contributed by atoms with Crippen molar-refractivity contribution in [2.75, 3.05) is 40.3 Å². The summed E-state index contributed by atoms with van der Waals surface area (Å²) >= 11 is 6.48. The molecule has 35 nitrogen and oxygen atoms in total. The van der Waals surface area contributed by atoms with Gasteiger partial charge in [-0.2, -0.15) is 0 Å². The van der Waals surface area contributed by atoms with Gasteiger partial charge in [0.2, 0.25) is 28.2 Å². The number of hydrogen-bond donors (Lipinski definition) is 2. The number of halogens is 1. The van der Waals surface area contributed by atoms with Crippen molar-refractivity contribution in [3.05, 3.63) is 211 Å². The monoisotopic (exact) mass is 1910 g/mol. The zero-order valence-corrected chi connectivity index (χ0v) is 90.1. The molecule has 6 rings (SSSR count). The third-order valence-corrected chi connectivity index (χ3v) is 22.0. The van der Waals surface area contributed by atoms with Crippen molar-refractivity contribution < 1.29 is 270 Å². The van der Waals surface area contributed by atoms with Crippen LogP contribution in [-0.2, 0) is 74.4 Å². The number of carbonyl (C=O) groups is 7. The van der Waals surface area contributed by atoms with Crippen LogP contribution in [0, 0.1) is 86.1 Å². The first-order chi connectivity index (χ1) is 54.9. The first kappa shape index (κ1) is 130. The standard InChI is InChI=1S/C13H17NO5S.C13H17NO3S.C11H13ClO4S.2C10H12N2O4.C10H13NO2.C9H16O6S.C5H12.2K.2Na/c1-13(2,3)12(17)14-9-4-6-10(7-5-9)20(18,19)8-11(15)16;1-13(2,3)12(17)14-9-4-6-10(7-5-9)18-8-11(15)16;1-7(2)8-3-5-9(6-4-8)17(15,16)10(12)11(13)14;2*1-6(2)8-4-9(11(13)14)7(3)10(5-8)12(15)16;1-8(2)10-5-3-9(4-6-10)7-11(12)13;1-9(2,3)8(12)15-4-5-16(13,14)6-7(10)11;1-5(2,3)4;;;;/h4-7H,8H2,1-3H3,(H,14,17)(H,15,16);4-7H,8H2,1-3H3,(H,14,17)(H,15,16);3-7,10H,1-2H3,(H,13,14);2*4-6H,1-3H3;3-6,8H,7H2,1-2H3;4-6H2,1-3H3,(H,10,11);1-4H3;;;;/q;;;;;;;;4*+1/p-4. The maximum atomic E-state index is 11.7. The summed E-state index contributed by atoms with van der Waals surface area (Å²) in [5.74, 6) is -8.98. The topological polar surface area (TPSA) is 563 Å². The third-order valence-electron chi connectivity index (χ3n) is 15.3. The molecule has 0 bridgehead atoms. The second-order valence-electron chi connectivity index (χ2n) is 32.6. The van der Waals surface area contributed by atoms with Gasteiger partial charge in [-0.15, -0.1) is 11.8 Å². The maximum Gasteiger partial charge on any atom is 1.00 e. The summed E-state index contributed by atoms with van der Waals surface area (Å²) in [5.41, 5.74) is 3.47. The van der Waals surface area contributed by atoms with E-state index in [2.05, 4.69) is 52.2 Å². The van der Waals surface area contributed by atoms with Crippen molar-refractivity contribution in [2.24, 2.45) is 21.7 Å². The van der Waals surface area contributed by atoms with Gasteiger partial charge in [-0.05, 0) is 147 Å². The van der Waals surface area contributed by atoms with Crippen LogP contribution in [0.5, 0.6) is 0 Å². The average molecular weight is 1920 g/mol. The number of esters is 1. The molecule has 0 saturated heterocycles. The number of carboxylic acids is 4. The van der Waals surface area contributed by atoms with E-state index in [9.17, 15) is 130 Å². The Morgan fingerprint density at radius 1 is 0.448 bits per heavy atom. The van der Waals surface area contributed by atoms with Gasteiger partial charge in [0.15, 0.2) is 24.4 Å². The van der Waals surface area contributed by atoms with Crippen LogP contribution in [0.3, 0.4) is 0 Å². The van der Waals surface area contributed by atoms with E-state index in [1.807, 2.05) is 86.6 Å². The van der Waals surface area contributed by atoms with Gasteiger partial charge in [0.05, 0.1) is 76.0 Å². The summed E-state index contributed by atoms with van der Waals surface area (Å²) < 4.78 is 71.4. The molecule has 0 saturated carbocycles. The molecule has 2 N–H and O–H groups in total. The zero-order valence-electron chi connectivity index (χ0n) is 75.9. The number of carboxylic acid groups (broad SMARTS) is 4. The van der Waals surface area contributed by atoms with E-state index in [-0.39, 0.29) is 259 Å². The molecule has 0 aliphatic carbocycles. The van der Waals surface area contributed by atoms with Gasteiger partial charge in [0, 0.05) is 67.6 Å². The molecule has 0 fully saturated rings. The molecule has 125 heavy (non-hydrogen) atoms. The van der Waals surface area contributed by atoms with Crippen LogP contribution >= 0.6 is 23.4 Å². The predicted molar refractivity (Wildman–Crippen MR) is 452 cm³/mol. The van der Waals surface area contributed by atoms with Crippen LogP contribution in [-0.4, -0.2) is 126 Å². The van der Waals surface area contributed by atoms with E-state index < -0.39 is 117 Å². The van der Waals surface area contributed by atoms with Crippen LogP contribution in [0.1, 0.15) is 208 Å². The van der Waals surface area contributed by atoms with Gasteiger partial charge in [-0.1, -0.05) is 173 Å². The number of sulfone groups is 3. The summed E-state index contributed by atoms with van der Waals surface area (Å²) in [7, 11) is -11.7. The normalized spacial score (nSPS) is 11.2. The number of rotatable bonds is 26. The minimum Gasteiger partial charge on any atom is -0.549 e. The van der Waals surface area contributed by atoms with Crippen LogP contribution in [0.2, 0.25) is 0 Å². The number of carbonyl (C=O) groups excluding carboxylic acids is 7. The Morgan fingerprint density at radius 2 is 0.752 bits per heavy atom. The SMILES string of the molecule is CC(C)(C)C.CC(C)(C)C(=O)Nc1ccc(S(=O)(=O)CC(=O)[O-])cc1.CC(C)(C)C(=O)Nc1ccc(SCC(=O)[O-])cc1.CC(C)(C)C(=O)OCCS(=O)(=O)CC(=O)[O-].CC(C)c1ccc(C[N+](=O)[O-])cc1.CC(C)c1ccc(S(=O)(=O)C(Cl)C(=O)[O-])cc1.Cc1c([N+](=O)[O-])cc(C(C)C)cc1[N+](=O)[O-].Cc1c([N+](=O)[O-])cc(C(C)C)cc1[N+](=O)[O-].[K+].[K+].[Na+].[Na+]. The largest absolute Gasteiger partial charge is 1.00 e. The number of hydrogen-bond acceptors (Lipinski definition) is 29. The van der Waals surface area contributed by atoms with Crippen molar-refractivity contribution in [1.29, 1.82) is 0 Å². The fourth-order valence-corrected chi connectivity index (χ4v) is 12.2. The molecular weight excluding hydrogens is 1810 g/mol. The summed E-state index contributed by atoms with van der Waals surface area (Å²) in [6.45, 7) is 42.2. The Hall–Kier alpha value is -5.63. The number of amides is 2. The van der Waals surface area contributed by atoms with E-state index in [1.54, 1.807) is 77.9 Å². The first-order valence-corrected chi connectivity index (χ1v) is 43.3. The number of nitrogens with one attached hydrogen (secondary N) is 2. The van der Waals surface area contributed by atoms with Crippen LogP contribution in [0.15, 0.2) is 136 Å². The smallest absolute Gasteiger partial charge is 0.549 e. The van der Waals surface area contributed by atoms with Crippen molar-refractivity contribution >= 4 is 129 Å². The molecule has 0 radical (unpaired) electrons. The number of nitrogens with zero attached hydrogens (tertiary/aromatic N) is 5. The molecule has 0 aliphatic rings. The van der Waals surface area contributed by atoms with Crippen molar-refractivity contribution in [3.63, 3.8) is 0 Å². The van der Waals surface area contributed by atoms with E-state index in [0.29, 0.717) is 33.8 Å². The Kier molecular flexibility index (Phi) is 62.1. The average Bonchev–Trinajstić information content (AvgIpc) is 0.816. The summed E-state index contributed by atoms with van der Waals surface area (Å²) in [6.07, 6.45) is 0. The van der Waals surface area contributed by atoms with Crippen molar-refractivity contribution in [2.45, 2.75) is 209 Å². The fraction of sp³-hybridized carbons (Fsp3) is 0.469.